The standard InChI is InChI=1S/C21H12BrFN2O2/c22-13-7-8-17-15(10-13)18-14-5-3-9-24-20(14)27-21(26)19(18)25(17)11-12-4-1-2-6-16(12)23/h1-10H,11H2. The maximum atomic E-state index is 14.3. The van der Waals surface area contributed by atoms with Gasteiger partial charge in [-0.05, 0) is 36.4 Å². The third-order valence-electron chi connectivity index (χ3n) is 4.73. The Hall–Kier alpha value is -2.99. The Morgan fingerprint density at radius 1 is 1.07 bits per heavy atom. The zero-order chi connectivity index (χ0) is 18.5. The molecule has 0 saturated heterocycles. The van der Waals surface area contributed by atoms with Crippen LogP contribution in [-0.2, 0) is 6.54 Å². The summed E-state index contributed by atoms with van der Waals surface area (Å²) in [7, 11) is 0. The molecule has 2 aromatic carbocycles. The molecule has 5 rings (SSSR count). The van der Waals surface area contributed by atoms with Gasteiger partial charge in [-0.25, -0.2) is 14.2 Å². The third kappa shape index (κ3) is 2.48. The van der Waals surface area contributed by atoms with Crippen molar-refractivity contribution in [2.75, 3.05) is 0 Å². The number of hydrogen-bond donors (Lipinski definition) is 0. The number of hydrogen-bond acceptors (Lipinski definition) is 3. The van der Waals surface area contributed by atoms with E-state index in [9.17, 15) is 9.18 Å². The molecule has 0 spiro atoms. The molecular weight excluding hydrogens is 411 g/mol. The van der Waals surface area contributed by atoms with Gasteiger partial charge in [-0.2, -0.15) is 0 Å². The van der Waals surface area contributed by atoms with Crippen molar-refractivity contribution in [2.45, 2.75) is 6.54 Å². The van der Waals surface area contributed by atoms with Gasteiger partial charge in [0, 0.05) is 37.9 Å². The largest absolute Gasteiger partial charge is 0.402 e. The van der Waals surface area contributed by atoms with Gasteiger partial charge in [-0.1, -0.05) is 34.1 Å². The Balaban J connectivity index is 1.96. The lowest BCUT2D eigenvalue weighted by Gasteiger charge is -2.08. The van der Waals surface area contributed by atoms with Gasteiger partial charge in [0.1, 0.15) is 11.3 Å². The minimum Gasteiger partial charge on any atom is -0.402 e. The highest BCUT2D eigenvalue weighted by Gasteiger charge is 2.19. The van der Waals surface area contributed by atoms with Crippen LogP contribution in [0.2, 0.25) is 0 Å². The van der Waals surface area contributed by atoms with E-state index in [0.29, 0.717) is 16.8 Å². The summed E-state index contributed by atoms with van der Waals surface area (Å²) in [5.74, 6) is -0.309. The van der Waals surface area contributed by atoms with Crippen LogP contribution in [0.4, 0.5) is 4.39 Å². The van der Waals surface area contributed by atoms with E-state index in [0.717, 1.165) is 26.1 Å². The number of aromatic nitrogens is 2. The van der Waals surface area contributed by atoms with Crippen molar-refractivity contribution >= 4 is 48.8 Å². The van der Waals surface area contributed by atoms with E-state index in [1.54, 1.807) is 30.5 Å². The van der Waals surface area contributed by atoms with Crippen molar-refractivity contribution in [3.05, 3.63) is 87.1 Å². The van der Waals surface area contributed by atoms with Crippen LogP contribution in [0.5, 0.6) is 0 Å². The molecule has 3 aromatic heterocycles. The van der Waals surface area contributed by atoms with Crippen LogP contribution in [-0.4, -0.2) is 9.55 Å². The minimum atomic E-state index is -0.486. The van der Waals surface area contributed by atoms with Crippen LogP contribution in [0.3, 0.4) is 0 Å². The fourth-order valence-corrected chi connectivity index (χ4v) is 3.93. The summed E-state index contributed by atoms with van der Waals surface area (Å²) in [6.45, 7) is 0.227. The molecule has 0 aliphatic carbocycles. The zero-order valence-corrected chi connectivity index (χ0v) is 15.5. The second-order valence-corrected chi connectivity index (χ2v) is 7.22. The molecule has 0 fully saturated rings. The molecule has 5 aromatic rings. The van der Waals surface area contributed by atoms with Crippen LogP contribution < -0.4 is 5.63 Å². The number of benzene rings is 2. The lowest BCUT2D eigenvalue weighted by atomic mass is 10.1. The average molecular weight is 423 g/mol. The molecule has 0 aliphatic rings. The zero-order valence-electron chi connectivity index (χ0n) is 13.9. The number of nitrogens with zero attached hydrogens (tertiary/aromatic N) is 2. The fraction of sp³-hybridized carbons (Fsp3) is 0.0476. The molecule has 0 bridgehead atoms. The predicted molar refractivity (Wildman–Crippen MR) is 106 cm³/mol. The van der Waals surface area contributed by atoms with Gasteiger partial charge in [0.05, 0.1) is 6.54 Å². The van der Waals surface area contributed by atoms with E-state index in [1.807, 2.05) is 28.8 Å². The molecule has 0 N–H and O–H groups in total. The van der Waals surface area contributed by atoms with Gasteiger partial charge in [-0.3, -0.25) is 0 Å². The van der Waals surface area contributed by atoms with Crippen LogP contribution in [0.1, 0.15) is 5.56 Å². The van der Waals surface area contributed by atoms with Gasteiger partial charge < -0.3 is 8.98 Å². The first-order chi connectivity index (χ1) is 13.1. The third-order valence-corrected chi connectivity index (χ3v) is 5.23. The van der Waals surface area contributed by atoms with Gasteiger partial charge in [0.2, 0.25) is 5.71 Å². The predicted octanol–water partition coefficient (Wildman–Crippen LogP) is 5.25. The lowest BCUT2D eigenvalue weighted by Crippen LogP contribution is -2.09. The van der Waals surface area contributed by atoms with Crippen molar-refractivity contribution in [1.82, 2.24) is 9.55 Å². The van der Waals surface area contributed by atoms with Gasteiger partial charge >= 0.3 is 5.63 Å². The van der Waals surface area contributed by atoms with Crippen molar-refractivity contribution < 1.29 is 8.81 Å². The Bertz CT molecular complexity index is 1400. The Kier molecular flexibility index (Phi) is 3.62. The highest BCUT2D eigenvalue weighted by molar-refractivity contribution is 9.10. The Labute approximate surface area is 161 Å². The van der Waals surface area contributed by atoms with Crippen molar-refractivity contribution in [2.24, 2.45) is 0 Å². The summed E-state index contributed by atoms with van der Waals surface area (Å²) in [6.07, 6.45) is 1.59. The topological polar surface area (TPSA) is 48.0 Å². The van der Waals surface area contributed by atoms with Crippen LogP contribution in [0, 0.1) is 5.82 Å². The van der Waals surface area contributed by atoms with Crippen molar-refractivity contribution in [1.29, 1.82) is 0 Å². The SMILES string of the molecule is O=c1oc2ncccc2c2c3cc(Br)ccc3n(Cc3ccccc3F)c12. The number of fused-ring (bicyclic) bond motifs is 5. The molecule has 3 heterocycles. The highest BCUT2D eigenvalue weighted by Crippen LogP contribution is 2.34. The molecular formula is C21H12BrFN2O2. The fourth-order valence-electron chi connectivity index (χ4n) is 3.57. The van der Waals surface area contributed by atoms with Crippen molar-refractivity contribution in [3.8, 4) is 0 Å². The molecule has 0 unspecified atom stereocenters. The maximum absolute atomic E-state index is 14.3. The summed E-state index contributed by atoms with van der Waals surface area (Å²) >= 11 is 3.50. The van der Waals surface area contributed by atoms with Gasteiger partial charge in [0.25, 0.3) is 0 Å². The van der Waals surface area contributed by atoms with E-state index in [-0.39, 0.29) is 12.4 Å². The normalized spacial score (nSPS) is 11.6. The molecule has 0 radical (unpaired) electrons. The molecule has 27 heavy (non-hydrogen) atoms. The van der Waals surface area contributed by atoms with Crippen LogP contribution in [0.15, 0.2) is 74.5 Å². The summed E-state index contributed by atoms with van der Waals surface area (Å²) in [6, 6.07) is 16.0. The van der Waals surface area contributed by atoms with Crippen LogP contribution in [0.25, 0.3) is 32.9 Å². The minimum absolute atomic E-state index is 0.227. The molecule has 132 valence electrons. The number of halogens is 2. The summed E-state index contributed by atoms with van der Waals surface area (Å²) in [5.41, 5.74) is 1.55. The first kappa shape index (κ1) is 16.2. The van der Waals surface area contributed by atoms with Gasteiger partial charge in [-0.15, -0.1) is 0 Å². The smallest absolute Gasteiger partial charge is 0.362 e. The van der Waals surface area contributed by atoms with E-state index >= 15 is 0 Å². The second-order valence-electron chi connectivity index (χ2n) is 6.31. The van der Waals surface area contributed by atoms with Crippen molar-refractivity contribution in [3.63, 3.8) is 0 Å². The number of rotatable bonds is 2. The molecule has 0 aliphatic heterocycles. The quantitative estimate of drug-likeness (QED) is 0.390. The van der Waals surface area contributed by atoms with E-state index < -0.39 is 5.63 Å². The first-order valence-corrected chi connectivity index (χ1v) is 9.15. The Morgan fingerprint density at radius 2 is 1.93 bits per heavy atom. The lowest BCUT2D eigenvalue weighted by molar-refractivity contribution is 0.552. The molecule has 0 amide bonds. The monoisotopic (exact) mass is 422 g/mol. The average Bonchev–Trinajstić information content (AvgIpc) is 2.98. The van der Waals surface area contributed by atoms with Crippen LogP contribution >= 0.6 is 15.9 Å². The first-order valence-electron chi connectivity index (χ1n) is 8.36. The van der Waals surface area contributed by atoms with E-state index in [1.165, 1.54) is 6.07 Å². The molecule has 0 saturated carbocycles. The Morgan fingerprint density at radius 3 is 2.78 bits per heavy atom. The molecule has 6 heteroatoms. The second kappa shape index (κ2) is 6.03. The van der Waals surface area contributed by atoms with E-state index in [2.05, 4.69) is 20.9 Å². The summed E-state index contributed by atoms with van der Waals surface area (Å²) in [5, 5.41) is 2.41. The highest BCUT2D eigenvalue weighted by atomic mass is 79.9. The number of pyridine rings is 1. The molecule has 4 nitrogen and oxygen atoms in total. The summed E-state index contributed by atoms with van der Waals surface area (Å²) in [4.78, 5) is 17.0. The molecule has 0 atom stereocenters. The van der Waals surface area contributed by atoms with E-state index in [4.69, 9.17) is 4.42 Å². The van der Waals surface area contributed by atoms with Gasteiger partial charge in [0.15, 0.2) is 0 Å². The summed E-state index contributed by atoms with van der Waals surface area (Å²) < 4.78 is 22.4. The maximum Gasteiger partial charge on any atom is 0.362 e.